The van der Waals surface area contributed by atoms with Crippen LogP contribution in [0.1, 0.15) is 11.1 Å². The van der Waals surface area contributed by atoms with E-state index in [-0.39, 0.29) is 16.3 Å². The third-order valence-corrected chi connectivity index (χ3v) is 3.03. The number of pyridine rings is 1. The Bertz CT molecular complexity index is 699. The van der Waals surface area contributed by atoms with Crippen LogP contribution in [0, 0.1) is 11.6 Å². The average molecular weight is 309 g/mol. The van der Waals surface area contributed by atoms with Gasteiger partial charge in [-0.05, 0) is 23.8 Å². The van der Waals surface area contributed by atoms with Crippen LogP contribution in [0.3, 0.4) is 0 Å². The summed E-state index contributed by atoms with van der Waals surface area (Å²) in [5.74, 6) is -2.46. The van der Waals surface area contributed by atoms with Crippen molar-refractivity contribution < 1.29 is 13.6 Å². The predicted octanol–water partition coefficient (Wildman–Crippen LogP) is 3.19. The highest BCUT2D eigenvalue weighted by atomic mass is 35.5. The van der Waals surface area contributed by atoms with Crippen LogP contribution < -0.4 is 5.32 Å². The summed E-state index contributed by atoms with van der Waals surface area (Å²) in [6, 6.07) is 6.85. The molecule has 1 aromatic heterocycles. The van der Waals surface area contributed by atoms with Crippen LogP contribution in [0.2, 0.25) is 5.15 Å². The molecule has 0 radical (unpaired) electrons. The number of hydrogen-bond donors (Lipinski definition) is 1. The topological polar surface area (TPSA) is 42.0 Å². The maximum absolute atomic E-state index is 14.0. The van der Waals surface area contributed by atoms with Gasteiger partial charge >= 0.3 is 0 Å². The Hall–Kier alpha value is -2.27. The van der Waals surface area contributed by atoms with Crippen molar-refractivity contribution in [3.63, 3.8) is 0 Å². The second kappa shape index (κ2) is 6.45. The van der Waals surface area contributed by atoms with Crippen LogP contribution in [-0.4, -0.2) is 17.9 Å². The lowest BCUT2D eigenvalue weighted by Crippen LogP contribution is -2.15. The third-order valence-electron chi connectivity index (χ3n) is 2.80. The zero-order valence-electron chi connectivity index (χ0n) is 11.0. The minimum atomic E-state index is -1.03. The molecule has 21 heavy (non-hydrogen) atoms. The van der Waals surface area contributed by atoms with Crippen molar-refractivity contribution in [3.8, 4) is 0 Å². The highest BCUT2D eigenvalue weighted by molar-refractivity contribution is 6.29. The van der Waals surface area contributed by atoms with Gasteiger partial charge in [-0.3, -0.25) is 4.79 Å². The van der Waals surface area contributed by atoms with E-state index in [2.05, 4.69) is 10.3 Å². The maximum Gasteiger partial charge on any atom is 0.244 e. The molecule has 0 saturated heterocycles. The van der Waals surface area contributed by atoms with Crippen LogP contribution in [0.4, 0.5) is 8.78 Å². The van der Waals surface area contributed by atoms with Gasteiger partial charge in [0.25, 0.3) is 0 Å². The molecular formula is C15H11ClF2N2O. The van der Waals surface area contributed by atoms with E-state index < -0.39 is 17.5 Å². The van der Waals surface area contributed by atoms with Crippen LogP contribution in [0.15, 0.2) is 42.6 Å². The molecule has 3 nitrogen and oxygen atoms in total. The molecule has 0 unspecified atom stereocenters. The van der Waals surface area contributed by atoms with E-state index in [0.717, 1.165) is 6.07 Å². The van der Waals surface area contributed by atoms with Gasteiger partial charge < -0.3 is 5.32 Å². The number of halogens is 3. The maximum atomic E-state index is 14.0. The van der Waals surface area contributed by atoms with Gasteiger partial charge in [-0.1, -0.05) is 23.7 Å². The fraction of sp³-hybridized carbons (Fsp3) is 0.0667. The molecule has 2 rings (SSSR count). The Morgan fingerprint density at radius 1 is 1.29 bits per heavy atom. The second-order valence-electron chi connectivity index (χ2n) is 4.14. The second-order valence-corrected chi connectivity index (χ2v) is 4.53. The number of benzene rings is 1. The van der Waals surface area contributed by atoms with Crippen LogP contribution in [0.25, 0.3) is 5.57 Å². The van der Waals surface area contributed by atoms with Crippen LogP contribution in [-0.2, 0) is 4.79 Å². The molecule has 0 atom stereocenters. The fourth-order valence-corrected chi connectivity index (χ4v) is 1.88. The number of rotatable bonds is 3. The largest absolute Gasteiger partial charge is 0.356 e. The number of carbonyl (C=O) groups is 1. The first-order valence-electron chi connectivity index (χ1n) is 6.02. The van der Waals surface area contributed by atoms with Crippen molar-refractivity contribution >= 4 is 23.1 Å². The van der Waals surface area contributed by atoms with Crippen molar-refractivity contribution in [1.82, 2.24) is 10.3 Å². The van der Waals surface area contributed by atoms with E-state index in [9.17, 15) is 13.6 Å². The number of nitrogens with zero attached hydrogens (tertiary/aromatic N) is 1. The minimum Gasteiger partial charge on any atom is -0.356 e. The number of aromatic nitrogens is 1. The quantitative estimate of drug-likeness (QED) is 0.699. The smallest absolute Gasteiger partial charge is 0.244 e. The van der Waals surface area contributed by atoms with Gasteiger partial charge in [0.15, 0.2) is 11.6 Å². The fourth-order valence-electron chi connectivity index (χ4n) is 1.77. The summed E-state index contributed by atoms with van der Waals surface area (Å²) < 4.78 is 27.4. The van der Waals surface area contributed by atoms with Gasteiger partial charge in [0.05, 0.1) is 0 Å². The van der Waals surface area contributed by atoms with Gasteiger partial charge in [0.1, 0.15) is 5.15 Å². The zero-order valence-corrected chi connectivity index (χ0v) is 11.8. The Kier molecular flexibility index (Phi) is 4.65. The Labute approximate surface area is 125 Å². The van der Waals surface area contributed by atoms with Gasteiger partial charge in [-0.15, -0.1) is 0 Å². The Morgan fingerprint density at radius 2 is 2.05 bits per heavy atom. The first kappa shape index (κ1) is 15.1. The molecule has 108 valence electrons. The predicted molar refractivity (Wildman–Crippen MR) is 76.8 cm³/mol. The molecule has 0 spiro atoms. The van der Waals surface area contributed by atoms with Gasteiger partial charge in [0, 0.05) is 30.4 Å². The molecule has 0 saturated carbocycles. The van der Waals surface area contributed by atoms with Gasteiger partial charge in [-0.25, -0.2) is 13.8 Å². The van der Waals surface area contributed by atoms with Crippen molar-refractivity contribution in [3.05, 3.63) is 70.5 Å². The third kappa shape index (κ3) is 3.44. The normalized spacial score (nSPS) is 11.3. The number of hydrogen-bond acceptors (Lipinski definition) is 2. The zero-order chi connectivity index (χ0) is 15.4. The minimum absolute atomic E-state index is 0.0253. The molecule has 0 bridgehead atoms. The summed E-state index contributed by atoms with van der Waals surface area (Å²) >= 11 is 5.71. The van der Waals surface area contributed by atoms with Crippen molar-refractivity contribution in [2.24, 2.45) is 0 Å². The van der Waals surface area contributed by atoms with Crippen molar-refractivity contribution in [2.45, 2.75) is 0 Å². The molecule has 0 aliphatic carbocycles. The van der Waals surface area contributed by atoms with Gasteiger partial charge in [0.2, 0.25) is 5.91 Å². The molecule has 0 fully saturated rings. The molecule has 0 aliphatic rings. The van der Waals surface area contributed by atoms with Crippen molar-refractivity contribution in [1.29, 1.82) is 0 Å². The summed E-state index contributed by atoms with van der Waals surface area (Å²) in [4.78, 5) is 15.5. The lowest BCUT2D eigenvalue weighted by Gasteiger charge is -2.10. The van der Waals surface area contributed by atoms with Crippen LogP contribution >= 0.6 is 11.6 Å². The Balaban J connectivity index is 2.61. The number of likely N-dealkylation sites (N-methyl/N-ethyl adjacent to an activating group) is 1. The summed E-state index contributed by atoms with van der Waals surface area (Å²) in [5.41, 5.74) is 0.644. The number of carbonyl (C=O) groups excluding carboxylic acids is 1. The standard InChI is InChI=1S/C15H11ClF2N2O/c1-19-14(21)7-11(9-5-6-13(16)20-8-9)10-3-2-4-12(17)15(10)18/h2-8H,1H3,(H,19,21)/b11-7+. The van der Waals surface area contributed by atoms with E-state index in [1.807, 2.05) is 0 Å². The molecule has 1 N–H and O–H groups in total. The summed E-state index contributed by atoms with van der Waals surface area (Å²) in [6.45, 7) is 0. The first-order chi connectivity index (χ1) is 10.0. The lowest BCUT2D eigenvalue weighted by molar-refractivity contribution is -0.116. The van der Waals surface area contributed by atoms with Gasteiger partial charge in [-0.2, -0.15) is 0 Å². The molecule has 6 heteroatoms. The summed E-state index contributed by atoms with van der Waals surface area (Å²) in [5, 5.41) is 2.66. The number of amides is 1. The number of nitrogens with one attached hydrogen (secondary N) is 1. The molecular weight excluding hydrogens is 298 g/mol. The average Bonchev–Trinajstić information content (AvgIpc) is 2.49. The monoisotopic (exact) mass is 308 g/mol. The van der Waals surface area contributed by atoms with E-state index in [0.29, 0.717) is 5.56 Å². The highest BCUT2D eigenvalue weighted by Gasteiger charge is 2.15. The summed E-state index contributed by atoms with van der Waals surface area (Å²) in [6.07, 6.45) is 2.57. The molecule has 0 aliphatic heterocycles. The van der Waals surface area contributed by atoms with E-state index in [1.165, 1.54) is 37.5 Å². The molecule has 2 aromatic rings. The van der Waals surface area contributed by atoms with E-state index in [4.69, 9.17) is 11.6 Å². The first-order valence-corrected chi connectivity index (χ1v) is 6.40. The summed E-state index contributed by atoms with van der Waals surface area (Å²) in [7, 11) is 1.44. The Morgan fingerprint density at radius 3 is 2.67 bits per heavy atom. The SMILES string of the molecule is CNC(=O)/C=C(\c1ccc(Cl)nc1)c1cccc(F)c1F. The van der Waals surface area contributed by atoms with Crippen LogP contribution in [0.5, 0.6) is 0 Å². The lowest BCUT2D eigenvalue weighted by atomic mass is 9.98. The highest BCUT2D eigenvalue weighted by Crippen LogP contribution is 2.27. The molecule has 1 heterocycles. The van der Waals surface area contributed by atoms with E-state index in [1.54, 1.807) is 6.07 Å². The van der Waals surface area contributed by atoms with Crippen molar-refractivity contribution in [2.75, 3.05) is 7.05 Å². The molecule has 1 amide bonds. The molecule has 1 aromatic carbocycles. The van der Waals surface area contributed by atoms with E-state index >= 15 is 0 Å².